The number of likely N-dealkylation sites (tertiary alicyclic amines) is 1. The van der Waals surface area contributed by atoms with Gasteiger partial charge in [0, 0.05) is 37.2 Å². The van der Waals surface area contributed by atoms with E-state index in [1.165, 1.54) is 12.8 Å². The summed E-state index contributed by atoms with van der Waals surface area (Å²) in [5.41, 5.74) is 9.10. The Balaban J connectivity index is 1.39. The summed E-state index contributed by atoms with van der Waals surface area (Å²) in [6.07, 6.45) is 4.14. The Hall–Kier alpha value is -2.25. The Morgan fingerprint density at radius 3 is 2.79 bits per heavy atom. The average Bonchev–Trinajstić information content (AvgIpc) is 3.33. The summed E-state index contributed by atoms with van der Waals surface area (Å²) < 4.78 is 0. The van der Waals surface area contributed by atoms with E-state index in [-0.39, 0.29) is 30.2 Å². The summed E-state index contributed by atoms with van der Waals surface area (Å²) in [7, 11) is 0. The lowest BCUT2D eigenvalue weighted by Crippen LogP contribution is -2.52. The number of nitrogens with zero attached hydrogens (tertiary/aromatic N) is 2. The third kappa shape index (κ3) is 2.76. The second kappa shape index (κ2) is 6.67. The van der Waals surface area contributed by atoms with Crippen molar-refractivity contribution >= 4 is 17.7 Å². The number of piperidine rings is 1. The molecule has 7 heteroatoms. The molecule has 148 valence electrons. The SMILES string of the molecule is N[C@@H]1CC[C@H]2CCN(Cc3cccc4c3C(=O)N(C3CCC(=O)NC3=O)C4)[C@H]21. The van der Waals surface area contributed by atoms with Gasteiger partial charge in [-0.25, -0.2) is 0 Å². The van der Waals surface area contributed by atoms with Crippen molar-refractivity contribution in [3.05, 3.63) is 34.9 Å². The highest BCUT2D eigenvalue weighted by Crippen LogP contribution is 2.39. The number of amides is 3. The molecule has 0 radical (unpaired) electrons. The van der Waals surface area contributed by atoms with Crippen LogP contribution in [0.4, 0.5) is 0 Å². The van der Waals surface area contributed by atoms with E-state index < -0.39 is 6.04 Å². The number of hydrogen-bond acceptors (Lipinski definition) is 5. The van der Waals surface area contributed by atoms with Crippen molar-refractivity contribution in [2.75, 3.05) is 6.54 Å². The minimum absolute atomic E-state index is 0.0911. The van der Waals surface area contributed by atoms with Crippen LogP contribution in [0.2, 0.25) is 0 Å². The van der Waals surface area contributed by atoms with Crippen molar-refractivity contribution in [2.45, 2.75) is 63.3 Å². The van der Waals surface area contributed by atoms with Crippen molar-refractivity contribution in [1.82, 2.24) is 15.1 Å². The Bertz CT molecular complexity index is 854. The summed E-state index contributed by atoms with van der Waals surface area (Å²) in [6.45, 7) is 2.19. The molecular formula is C21H26N4O3. The molecular weight excluding hydrogens is 356 g/mol. The molecule has 4 atom stereocenters. The summed E-state index contributed by atoms with van der Waals surface area (Å²) in [5.74, 6) is -0.0325. The molecule has 3 aliphatic heterocycles. The maximum Gasteiger partial charge on any atom is 0.255 e. The van der Waals surface area contributed by atoms with E-state index in [1.807, 2.05) is 18.2 Å². The standard InChI is InChI=1S/C21H26N4O3/c22-15-5-4-12-8-9-24(19(12)15)10-13-2-1-3-14-11-25(21(28)18(13)14)16-6-7-17(26)23-20(16)27/h1-3,12,15-16,19H,4-11,22H2,(H,23,26,27)/t12-,15+,16?,19+/m0/s1. The fourth-order valence-corrected chi connectivity index (χ4v) is 5.69. The number of nitrogens with two attached hydrogens (primary N) is 1. The van der Waals surface area contributed by atoms with E-state index in [9.17, 15) is 14.4 Å². The van der Waals surface area contributed by atoms with Gasteiger partial charge in [-0.05, 0) is 49.3 Å². The number of carbonyl (C=O) groups is 3. The lowest BCUT2D eigenvalue weighted by Gasteiger charge is -2.29. The van der Waals surface area contributed by atoms with Gasteiger partial charge in [-0.15, -0.1) is 0 Å². The van der Waals surface area contributed by atoms with Gasteiger partial charge in [0.2, 0.25) is 11.8 Å². The molecule has 1 unspecified atom stereocenters. The summed E-state index contributed by atoms with van der Waals surface area (Å²) >= 11 is 0. The first-order valence-corrected chi connectivity index (χ1v) is 10.3. The molecule has 7 nitrogen and oxygen atoms in total. The molecule has 5 rings (SSSR count). The lowest BCUT2D eigenvalue weighted by atomic mass is 10.0. The maximum atomic E-state index is 13.2. The van der Waals surface area contributed by atoms with Crippen molar-refractivity contribution in [3.63, 3.8) is 0 Å². The zero-order valence-corrected chi connectivity index (χ0v) is 15.9. The number of hydrogen-bond donors (Lipinski definition) is 2. The number of carbonyl (C=O) groups excluding carboxylic acids is 3. The quantitative estimate of drug-likeness (QED) is 0.753. The second-order valence-electron chi connectivity index (χ2n) is 8.60. The van der Waals surface area contributed by atoms with Crippen LogP contribution in [0, 0.1) is 5.92 Å². The predicted octanol–water partition coefficient (Wildman–Crippen LogP) is 0.759. The molecule has 3 heterocycles. The summed E-state index contributed by atoms with van der Waals surface area (Å²) in [6, 6.07) is 6.07. The number of benzene rings is 1. The molecule has 0 bridgehead atoms. The zero-order chi connectivity index (χ0) is 19.4. The third-order valence-electron chi connectivity index (χ3n) is 7.01. The largest absolute Gasteiger partial charge is 0.326 e. The molecule has 3 N–H and O–H groups in total. The monoisotopic (exact) mass is 382 g/mol. The van der Waals surface area contributed by atoms with Gasteiger partial charge < -0.3 is 10.6 Å². The highest BCUT2D eigenvalue weighted by Gasteiger charge is 2.44. The Labute approximate surface area is 164 Å². The minimum Gasteiger partial charge on any atom is -0.326 e. The van der Waals surface area contributed by atoms with Crippen LogP contribution in [-0.2, 0) is 22.7 Å². The van der Waals surface area contributed by atoms with Gasteiger partial charge in [0.25, 0.3) is 5.91 Å². The van der Waals surface area contributed by atoms with E-state index in [0.29, 0.717) is 24.9 Å². The number of rotatable bonds is 3. The van der Waals surface area contributed by atoms with Gasteiger partial charge in [-0.1, -0.05) is 18.2 Å². The Morgan fingerprint density at radius 1 is 1.11 bits per heavy atom. The molecule has 1 aromatic carbocycles. The van der Waals surface area contributed by atoms with Crippen LogP contribution in [0.1, 0.15) is 53.6 Å². The number of fused-ring (bicyclic) bond motifs is 2. The normalized spacial score (nSPS) is 32.6. The number of nitrogens with one attached hydrogen (secondary N) is 1. The highest BCUT2D eigenvalue weighted by molar-refractivity contribution is 6.05. The maximum absolute atomic E-state index is 13.2. The zero-order valence-electron chi connectivity index (χ0n) is 15.9. The van der Waals surface area contributed by atoms with Gasteiger partial charge in [-0.2, -0.15) is 0 Å². The molecule has 3 amide bonds. The second-order valence-corrected chi connectivity index (χ2v) is 8.60. The van der Waals surface area contributed by atoms with E-state index >= 15 is 0 Å². The molecule has 4 aliphatic rings. The van der Waals surface area contributed by atoms with E-state index in [4.69, 9.17) is 5.73 Å². The van der Waals surface area contributed by atoms with E-state index in [0.717, 1.165) is 36.2 Å². The minimum atomic E-state index is -0.565. The van der Waals surface area contributed by atoms with Gasteiger partial charge in [-0.3, -0.25) is 24.6 Å². The molecule has 0 spiro atoms. The molecule has 0 aromatic heterocycles. The molecule has 1 aromatic rings. The van der Waals surface area contributed by atoms with Crippen LogP contribution in [-0.4, -0.2) is 52.2 Å². The van der Waals surface area contributed by atoms with Gasteiger partial charge in [0.05, 0.1) is 0 Å². The van der Waals surface area contributed by atoms with Crippen molar-refractivity contribution in [3.8, 4) is 0 Å². The van der Waals surface area contributed by atoms with Crippen LogP contribution < -0.4 is 11.1 Å². The molecule has 2 saturated heterocycles. The van der Waals surface area contributed by atoms with Gasteiger partial charge >= 0.3 is 0 Å². The summed E-state index contributed by atoms with van der Waals surface area (Å²) in [5, 5.41) is 2.36. The fraction of sp³-hybridized carbons (Fsp3) is 0.571. The molecule has 3 fully saturated rings. The van der Waals surface area contributed by atoms with Crippen molar-refractivity contribution < 1.29 is 14.4 Å². The van der Waals surface area contributed by atoms with Crippen LogP contribution in [0.25, 0.3) is 0 Å². The molecule has 1 aliphatic carbocycles. The van der Waals surface area contributed by atoms with Crippen LogP contribution >= 0.6 is 0 Å². The van der Waals surface area contributed by atoms with Crippen molar-refractivity contribution in [1.29, 1.82) is 0 Å². The fourth-order valence-electron chi connectivity index (χ4n) is 5.69. The molecule has 1 saturated carbocycles. The Morgan fingerprint density at radius 2 is 1.96 bits per heavy atom. The third-order valence-corrected chi connectivity index (χ3v) is 7.01. The predicted molar refractivity (Wildman–Crippen MR) is 102 cm³/mol. The van der Waals surface area contributed by atoms with Crippen LogP contribution in [0.3, 0.4) is 0 Å². The van der Waals surface area contributed by atoms with Crippen LogP contribution in [0.15, 0.2) is 18.2 Å². The van der Waals surface area contributed by atoms with Crippen LogP contribution in [0.5, 0.6) is 0 Å². The Kier molecular flexibility index (Phi) is 4.25. The van der Waals surface area contributed by atoms with Crippen molar-refractivity contribution in [2.24, 2.45) is 11.7 Å². The number of imide groups is 1. The van der Waals surface area contributed by atoms with E-state index in [1.54, 1.807) is 4.90 Å². The summed E-state index contributed by atoms with van der Waals surface area (Å²) in [4.78, 5) is 41.0. The first-order valence-electron chi connectivity index (χ1n) is 10.3. The van der Waals surface area contributed by atoms with Gasteiger partial charge in [0.15, 0.2) is 0 Å². The first-order chi connectivity index (χ1) is 13.5. The van der Waals surface area contributed by atoms with E-state index in [2.05, 4.69) is 10.2 Å². The average molecular weight is 382 g/mol. The van der Waals surface area contributed by atoms with Gasteiger partial charge in [0.1, 0.15) is 6.04 Å². The topological polar surface area (TPSA) is 95.7 Å². The molecule has 28 heavy (non-hydrogen) atoms. The first kappa shape index (κ1) is 17.8. The highest BCUT2D eigenvalue weighted by atomic mass is 16.2. The smallest absolute Gasteiger partial charge is 0.255 e. The lowest BCUT2D eigenvalue weighted by molar-refractivity contribution is -0.136.